The number of ether oxygens (including phenoxy) is 2. The summed E-state index contributed by atoms with van der Waals surface area (Å²) in [5, 5.41) is 12.6. The maximum atomic E-state index is 13.3. The zero-order valence-electron chi connectivity index (χ0n) is 21.8. The maximum Gasteiger partial charge on any atom is 0.308 e. The largest absolute Gasteiger partial charge is 0.483 e. The minimum absolute atomic E-state index is 0.0989. The number of aliphatic hydroxyl groups is 1. The van der Waals surface area contributed by atoms with Gasteiger partial charge in [0.05, 0.1) is 17.1 Å². The molecule has 2 aromatic rings. The monoisotopic (exact) mass is 512 g/mol. The van der Waals surface area contributed by atoms with Gasteiger partial charge < -0.3 is 19.5 Å². The average Bonchev–Trinajstić information content (AvgIpc) is 3.25. The summed E-state index contributed by atoms with van der Waals surface area (Å²) in [6.45, 7) is 6.77. The van der Waals surface area contributed by atoms with E-state index in [2.05, 4.69) is 23.3 Å². The number of rotatable bonds is 4. The molecule has 7 nitrogen and oxygen atoms in total. The van der Waals surface area contributed by atoms with Gasteiger partial charge in [-0.2, -0.15) is 0 Å². The van der Waals surface area contributed by atoms with E-state index in [0.717, 1.165) is 23.2 Å². The third-order valence-electron chi connectivity index (χ3n) is 9.05. The predicted octanol–water partition coefficient (Wildman–Crippen LogP) is 2.83. The average molecular weight is 513 g/mol. The van der Waals surface area contributed by atoms with Gasteiger partial charge in [-0.25, -0.2) is 0 Å². The number of likely N-dealkylation sites (N-methyl/N-ethyl adjacent to an activating group) is 1. The lowest BCUT2D eigenvalue weighted by Crippen LogP contribution is -2.78. The topological polar surface area (TPSA) is 79.3 Å². The van der Waals surface area contributed by atoms with E-state index in [1.165, 1.54) is 6.92 Å². The number of carbonyl (C=O) groups excluding carboxylic acids is 2. The van der Waals surface area contributed by atoms with Crippen LogP contribution in [0.2, 0.25) is 0 Å². The third kappa shape index (κ3) is 3.44. The van der Waals surface area contributed by atoms with Gasteiger partial charge in [-0.05, 0) is 56.0 Å². The second kappa shape index (κ2) is 9.00. The summed E-state index contributed by atoms with van der Waals surface area (Å²) in [5.74, 6) is 5.92. The van der Waals surface area contributed by atoms with Crippen LogP contribution in [0.4, 0.5) is 0 Å². The highest BCUT2D eigenvalue weighted by Gasteiger charge is 2.73. The number of hydrogen-bond donors (Lipinski definition) is 1. The fourth-order valence-electron chi connectivity index (χ4n) is 7.50. The zero-order chi connectivity index (χ0) is 26.7. The number of nitrogens with zero attached hydrogens (tertiary/aromatic N) is 2. The van der Waals surface area contributed by atoms with Crippen LogP contribution in [0.5, 0.6) is 11.5 Å². The van der Waals surface area contributed by atoms with Crippen molar-refractivity contribution in [1.82, 2.24) is 9.80 Å². The Morgan fingerprint density at radius 1 is 1.26 bits per heavy atom. The lowest BCUT2D eigenvalue weighted by Gasteiger charge is -2.64. The van der Waals surface area contributed by atoms with Crippen LogP contribution < -0.4 is 9.47 Å². The van der Waals surface area contributed by atoms with Crippen molar-refractivity contribution in [1.29, 1.82) is 0 Å². The van der Waals surface area contributed by atoms with Crippen molar-refractivity contribution in [2.24, 2.45) is 0 Å². The van der Waals surface area contributed by atoms with Gasteiger partial charge in [0.1, 0.15) is 6.10 Å². The van der Waals surface area contributed by atoms with Crippen molar-refractivity contribution in [3.63, 3.8) is 0 Å². The molecule has 0 radical (unpaired) electrons. The molecule has 2 aromatic carbocycles. The molecule has 1 saturated heterocycles. The molecular formula is C31H32N2O5. The van der Waals surface area contributed by atoms with Crippen LogP contribution >= 0.6 is 0 Å². The van der Waals surface area contributed by atoms with Crippen molar-refractivity contribution < 1.29 is 24.2 Å². The van der Waals surface area contributed by atoms with Gasteiger partial charge in [-0.3, -0.25) is 14.5 Å². The molecular weight excluding hydrogens is 480 g/mol. The molecule has 1 amide bonds. The molecule has 7 heteroatoms. The van der Waals surface area contributed by atoms with Crippen LogP contribution in [0.25, 0.3) is 0 Å². The number of benzene rings is 2. The first-order valence-corrected chi connectivity index (χ1v) is 13.2. The molecule has 2 aliphatic carbocycles. The minimum Gasteiger partial charge on any atom is -0.483 e. The summed E-state index contributed by atoms with van der Waals surface area (Å²) in [6.07, 6.45) is 3.83. The number of esters is 1. The van der Waals surface area contributed by atoms with Crippen molar-refractivity contribution in [3.8, 4) is 23.3 Å². The minimum atomic E-state index is -1.05. The Morgan fingerprint density at radius 2 is 2.05 bits per heavy atom. The zero-order valence-corrected chi connectivity index (χ0v) is 21.8. The van der Waals surface area contributed by atoms with Gasteiger partial charge in [0.2, 0.25) is 0 Å². The molecule has 0 unspecified atom stereocenters. The molecule has 1 spiro atoms. The number of likely N-dealkylation sites (tertiary alicyclic amines) is 1. The highest BCUT2D eigenvalue weighted by Crippen LogP contribution is 2.65. The first kappa shape index (κ1) is 24.7. The van der Waals surface area contributed by atoms with Gasteiger partial charge >= 0.3 is 5.97 Å². The maximum absolute atomic E-state index is 13.3. The Labute approximate surface area is 223 Å². The second-order valence-electron chi connectivity index (χ2n) is 10.8. The molecule has 2 bridgehead atoms. The molecule has 6 rings (SSSR count). The van der Waals surface area contributed by atoms with E-state index < -0.39 is 23.1 Å². The first-order chi connectivity index (χ1) is 18.3. The van der Waals surface area contributed by atoms with E-state index in [9.17, 15) is 14.7 Å². The van der Waals surface area contributed by atoms with E-state index in [4.69, 9.17) is 9.47 Å². The Morgan fingerprint density at radius 3 is 2.79 bits per heavy atom. The van der Waals surface area contributed by atoms with E-state index >= 15 is 0 Å². The Bertz CT molecular complexity index is 1380. The fraction of sp³-hybridized carbons (Fsp3) is 0.419. The SMILES string of the molecule is C=CCN1CC[C@]23c4c5ccc(OC(C)=O)c4O[C@H]2[C@@H](N(C)C(=O)C#Cc2ccccc2)CC[C@@]3(O)[C@H]1C5. The summed E-state index contributed by atoms with van der Waals surface area (Å²) in [6, 6.07) is 12.8. The van der Waals surface area contributed by atoms with Crippen molar-refractivity contribution in [2.75, 3.05) is 20.1 Å². The Hall–Kier alpha value is -3.60. The number of carbonyl (C=O) groups is 2. The van der Waals surface area contributed by atoms with E-state index in [-0.39, 0.29) is 18.0 Å². The molecule has 196 valence electrons. The van der Waals surface area contributed by atoms with Crippen LogP contribution in [0.1, 0.15) is 42.9 Å². The Kier molecular flexibility index (Phi) is 5.86. The normalized spacial score (nSPS) is 30.2. The fourth-order valence-corrected chi connectivity index (χ4v) is 7.50. The highest BCUT2D eigenvalue weighted by molar-refractivity contribution is 5.94. The number of piperidine rings is 1. The standard InChI is InChI=1S/C31H32N2O5/c1-4-17-33-18-16-30-27-22-11-12-24(37-20(2)34)28(27)38-29(30)23(14-15-31(30,36)25(33)19-22)32(3)26(35)13-10-21-8-6-5-7-9-21/h4-9,11-12,23,25,29,36H,1,14-19H2,2-3H3/t23-,25+,29-,30-,31+/m0/s1. The summed E-state index contributed by atoms with van der Waals surface area (Å²) >= 11 is 0. The summed E-state index contributed by atoms with van der Waals surface area (Å²) in [5.41, 5.74) is 1.04. The van der Waals surface area contributed by atoms with Gasteiger partial charge in [-0.15, -0.1) is 6.58 Å². The molecule has 2 fully saturated rings. The van der Waals surface area contributed by atoms with Crippen LogP contribution in [-0.2, 0) is 21.4 Å². The summed E-state index contributed by atoms with van der Waals surface area (Å²) in [7, 11) is 1.76. The van der Waals surface area contributed by atoms with Gasteiger partial charge in [-0.1, -0.05) is 36.3 Å². The predicted molar refractivity (Wildman–Crippen MR) is 142 cm³/mol. The van der Waals surface area contributed by atoms with Crippen LogP contribution in [0.15, 0.2) is 55.1 Å². The van der Waals surface area contributed by atoms with Gasteiger partial charge in [0, 0.05) is 43.6 Å². The lowest BCUT2D eigenvalue weighted by atomic mass is 9.48. The number of amides is 1. The number of hydrogen-bond acceptors (Lipinski definition) is 6. The molecule has 4 aliphatic rings. The smallest absolute Gasteiger partial charge is 0.308 e. The van der Waals surface area contributed by atoms with Crippen LogP contribution in [-0.4, -0.2) is 70.7 Å². The van der Waals surface area contributed by atoms with Gasteiger partial charge in [0.25, 0.3) is 5.91 Å². The van der Waals surface area contributed by atoms with E-state index in [0.29, 0.717) is 43.7 Å². The van der Waals surface area contributed by atoms with Crippen LogP contribution in [0, 0.1) is 11.8 Å². The van der Waals surface area contributed by atoms with Crippen molar-refractivity contribution in [3.05, 3.63) is 71.8 Å². The molecule has 2 heterocycles. The molecule has 38 heavy (non-hydrogen) atoms. The molecule has 1 N–H and O–H groups in total. The highest BCUT2D eigenvalue weighted by atomic mass is 16.6. The van der Waals surface area contributed by atoms with E-state index in [1.807, 2.05) is 42.5 Å². The molecule has 2 aliphatic heterocycles. The second-order valence-corrected chi connectivity index (χ2v) is 10.8. The molecule has 5 atom stereocenters. The van der Waals surface area contributed by atoms with E-state index in [1.54, 1.807) is 18.0 Å². The molecule has 1 saturated carbocycles. The van der Waals surface area contributed by atoms with Crippen molar-refractivity contribution in [2.45, 2.75) is 61.8 Å². The summed E-state index contributed by atoms with van der Waals surface area (Å²) in [4.78, 5) is 29.2. The quantitative estimate of drug-likeness (QED) is 0.294. The van der Waals surface area contributed by atoms with Crippen molar-refractivity contribution >= 4 is 11.9 Å². The van der Waals surface area contributed by atoms with Crippen LogP contribution in [0.3, 0.4) is 0 Å². The lowest BCUT2D eigenvalue weighted by molar-refractivity contribution is -0.197. The third-order valence-corrected chi connectivity index (χ3v) is 9.05. The first-order valence-electron chi connectivity index (χ1n) is 13.2. The summed E-state index contributed by atoms with van der Waals surface area (Å²) < 4.78 is 12.3. The molecule has 0 aromatic heterocycles. The Balaban J connectivity index is 1.43. The van der Waals surface area contributed by atoms with Gasteiger partial charge in [0.15, 0.2) is 11.5 Å².